The van der Waals surface area contributed by atoms with Gasteiger partial charge >= 0.3 is 0 Å². The number of rotatable bonds is 5. The van der Waals surface area contributed by atoms with Crippen LogP contribution in [0.2, 0.25) is 0 Å². The summed E-state index contributed by atoms with van der Waals surface area (Å²) in [6, 6.07) is 4.74. The van der Waals surface area contributed by atoms with Gasteiger partial charge in [-0.3, -0.25) is 0 Å². The number of hydrogen-bond acceptors (Lipinski definition) is 4. The molecule has 0 fully saturated rings. The van der Waals surface area contributed by atoms with Gasteiger partial charge in [0.1, 0.15) is 18.1 Å². The molecule has 0 spiro atoms. The number of ether oxygens (including phenoxy) is 1. The second kappa shape index (κ2) is 5.72. The third kappa shape index (κ3) is 3.12. The van der Waals surface area contributed by atoms with E-state index in [4.69, 9.17) is 9.84 Å². The molecule has 90 valence electrons. The second-order valence-electron chi connectivity index (χ2n) is 3.98. The van der Waals surface area contributed by atoms with Gasteiger partial charge in [-0.2, -0.15) is 0 Å². The van der Waals surface area contributed by atoms with Crippen LogP contribution >= 0.6 is 0 Å². The zero-order chi connectivity index (χ0) is 12.1. The molecule has 1 rings (SSSR count). The number of aliphatic hydroxyl groups is 2. The molecule has 0 aliphatic rings. The quantitative estimate of drug-likeness (QED) is 0.710. The fourth-order valence-electron chi connectivity index (χ4n) is 1.39. The monoisotopic (exact) mass is 226 g/mol. The van der Waals surface area contributed by atoms with E-state index in [2.05, 4.69) is 0 Å². The maximum Gasteiger partial charge on any atom is 0.125 e. The van der Waals surface area contributed by atoms with Crippen molar-refractivity contribution in [3.05, 3.63) is 23.8 Å². The molecule has 16 heavy (non-hydrogen) atoms. The van der Waals surface area contributed by atoms with Gasteiger partial charge in [-0.15, -0.1) is 0 Å². The van der Waals surface area contributed by atoms with Crippen LogP contribution in [-0.2, 0) is 0 Å². The summed E-state index contributed by atoms with van der Waals surface area (Å²) < 4.78 is 5.14. The standard InChI is InChI=1S/C12H18O4/c1-8(2)12(15)10-4-3-9(7-11(10)14)16-6-5-13/h3-4,7-8,12-15H,5-6H2,1-2H3. The van der Waals surface area contributed by atoms with Gasteiger partial charge in [0, 0.05) is 11.6 Å². The number of phenols is 1. The van der Waals surface area contributed by atoms with Gasteiger partial charge in [0.05, 0.1) is 12.7 Å². The number of aromatic hydroxyl groups is 1. The Morgan fingerprint density at radius 1 is 1.31 bits per heavy atom. The average molecular weight is 226 g/mol. The highest BCUT2D eigenvalue weighted by Crippen LogP contribution is 2.31. The lowest BCUT2D eigenvalue weighted by Crippen LogP contribution is -2.06. The first-order chi connectivity index (χ1) is 7.56. The maximum atomic E-state index is 9.80. The first-order valence-electron chi connectivity index (χ1n) is 5.31. The van der Waals surface area contributed by atoms with Crippen molar-refractivity contribution in [2.24, 2.45) is 5.92 Å². The molecule has 0 aromatic heterocycles. The molecule has 0 heterocycles. The van der Waals surface area contributed by atoms with Crippen LogP contribution in [-0.4, -0.2) is 28.5 Å². The number of hydrogen-bond donors (Lipinski definition) is 3. The smallest absolute Gasteiger partial charge is 0.125 e. The first-order valence-corrected chi connectivity index (χ1v) is 5.31. The summed E-state index contributed by atoms with van der Waals surface area (Å²) in [5, 5.41) is 28.1. The Morgan fingerprint density at radius 2 is 2.00 bits per heavy atom. The maximum absolute atomic E-state index is 9.80. The Morgan fingerprint density at radius 3 is 2.50 bits per heavy atom. The predicted molar refractivity (Wildman–Crippen MR) is 60.5 cm³/mol. The molecule has 0 aliphatic carbocycles. The Bertz CT molecular complexity index is 336. The minimum atomic E-state index is -0.688. The van der Waals surface area contributed by atoms with Crippen molar-refractivity contribution < 1.29 is 20.1 Å². The fourth-order valence-corrected chi connectivity index (χ4v) is 1.39. The number of phenolic OH excluding ortho intramolecular Hbond substituents is 1. The lowest BCUT2D eigenvalue weighted by molar-refractivity contribution is 0.123. The summed E-state index contributed by atoms with van der Waals surface area (Å²) in [6.45, 7) is 3.86. The SMILES string of the molecule is CC(C)C(O)c1ccc(OCCO)cc1O. The molecular formula is C12H18O4. The average Bonchev–Trinajstić information content (AvgIpc) is 2.25. The van der Waals surface area contributed by atoms with Crippen LogP contribution in [0.1, 0.15) is 25.5 Å². The number of aliphatic hydroxyl groups excluding tert-OH is 2. The van der Waals surface area contributed by atoms with E-state index in [1.165, 1.54) is 6.07 Å². The van der Waals surface area contributed by atoms with Gasteiger partial charge < -0.3 is 20.1 Å². The van der Waals surface area contributed by atoms with Crippen molar-refractivity contribution in [2.45, 2.75) is 20.0 Å². The van der Waals surface area contributed by atoms with Crippen molar-refractivity contribution >= 4 is 0 Å². The van der Waals surface area contributed by atoms with Crippen molar-refractivity contribution in [3.8, 4) is 11.5 Å². The lowest BCUT2D eigenvalue weighted by Gasteiger charge is -2.16. The Balaban J connectivity index is 2.82. The van der Waals surface area contributed by atoms with E-state index >= 15 is 0 Å². The molecule has 4 nitrogen and oxygen atoms in total. The van der Waals surface area contributed by atoms with Crippen LogP contribution < -0.4 is 4.74 Å². The second-order valence-corrected chi connectivity index (χ2v) is 3.98. The summed E-state index contributed by atoms with van der Waals surface area (Å²) in [4.78, 5) is 0. The van der Waals surface area contributed by atoms with Gasteiger partial charge in [-0.05, 0) is 18.1 Å². The van der Waals surface area contributed by atoms with Gasteiger partial charge in [0.2, 0.25) is 0 Å². The molecule has 1 unspecified atom stereocenters. The summed E-state index contributed by atoms with van der Waals surface area (Å²) >= 11 is 0. The van der Waals surface area contributed by atoms with E-state index in [9.17, 15) is 10.2 Å². The normalized spacial score (nSPS) is 12.8. The van der Waals surface area contributed by atoms with E-state index in [0.717, 1.165) is 0 Å². The minimum absolute atomic E-state index is 0.0108. The molecule has 0 bridgehead atoms. The van der Waals surface area contributed by atoms with Crippen LogP contribution in [0.15, 0.2) is 18.2 Å². The third-order valence-corrected chi connectivity index (χ3v) is 2.31. The summed E-state index contributed by atoms with van der Waals surface area (Å²) in [6.07, 6.45) is -0.688. The van der Waals surface area contributed by atoms with E-state index < -0.39 is 6.10 Å². The van der Waals surface area contributed by atoms with Gasteiger partial charge in [-0.1, -0.05) is 13.8 Å². The van der Waals surface area contributed by atoms with Crippen molar-refractivity contribution in [3.63, 3.8) is 0 Å². The molecule has 0 aliphatic heterocycles. The van der Waals surface area contributed by atoms with Crippen molar-refractivity contribution in [2.75, 3.05) is 13.2 Å². The summed E-state index contributed by atoms with van der Waals surface area (Å²) in [5.41, 5.74) is 0.492. The highest BCUT2D eigenvalue weighted by atomic mass is 16.5. The molecule has 3 N–H and O–H groups in total. The zero-order valence-corrected chi connectivity index (χ0v) is 9.55. The lowest BCUT2D eigenvalue weighted by atomic mass is 9.98. The summed E-state index contributed by atoms with van der Waals surface area (Å²) in [7, 11) is 0. The van der Waals surface area contributed by atoms with Crippen LogP contribution in [0.3, 0.4) is 0 Å². The van der Waals surface area contributed by atoms with Crippen LogP contribution in [0.4, 0.5) is 0 Å². The van der Waals surface area contributed by atoms with Crippen LogP contribution in [0.25, 0.3) is 0 Å². The highest BCUT2D eigenvalue weighted by Gasteiger charge is 2.16. The topological polar surface area (TPSA) is 69.9 Å². The molecular weight excluding hydrogens is 208 g/mol. The molecule has 4 heteroatoms. The van der Waals surface area contributed by atoms with Crippen molar-refractivity contribution in [1.82, 2.24) is 0 Å². The molecule has 1 aromatic carbocycles. The molecule has 1 atom stereocenters. The van der Waals surface area contributed by atoms with E-state index in [0.29, 0.717) is 11.3 Å². The summed E-state index contributed by atoms with van der Waals surface area (Å²) in [5.74, 6) is 0.526. The van der Waals surface area contributed by atoms with Gasteiger partial charge in [-0.25, -0.2) is 0 Å². The highest BCUT2D eigenvalue weighted by molar-refractivity contribution is 5.41. The molecule has 0 radical (unpaired) electrons. The minimum Gasteiger partial charge on any atom is -0.507 e. The number of benzene rings is 1. The van der Waals surface area contributed by atoms with Gasteiger partial charge in [0.15, 0.2) is 0 Å². The van der Waals surface area contributed by atoms with Crippen molar-refractivity contribution in [1.29, 1.82) is 0 Å². The molecule has 1 aromatic rings. The third-order valence-electron chi connectivity index (χ3n) is 2.31. The predicted octanol–water partition coefficient (Wildman–Crippen LogP) is 1.45. The largest absolute Gasteiger partial charge is 0.507 e. The fraction of sp³-hybridized carbons (Fsp3) is 0.500. The van der Waals surface area contributed by atoms with E-state index in [1.807, 2.05) is 13.8 Å². The molecule has 0 saturated carbocycles. The molecule has 0 amide bonds. The van der Waals surface area contributed by atoms with E-state index in [1.54, 1.807) is 12.1 Å². The zero-order valence-electron chi connectivity index (χ0n) is 9.55. The Kier molecular flexibility index (Phi) is 4.58. The van der Waals surface area contributed by atoms with E-state index in [-0.39, 0.29) is 24.9 Å². The molecule has 0 saturated heterocycles. The Hall–Kier alpha value is -1.26. The van der Waals surface area contributed by atoms with Gasteiger partial charge in [0.25, 0.3) is 0 Å². The van der Waals surface area contributed by atoms with Crippen LogP contribution in [0.5, 0.6) is 11.5 Å². The van der Waals surface area contributed by atoms with Crippen LogP contribution in [0, 0.1) is 5.92 Å². The Labute approximate surface area is 95.1 Å². The first kappa shape index (κ1) is 12.8.